The molecule has 1 N–H and O–H groups in total. The van der Waals surface area contributed by atoms with Crippen molar-refractivity contribution in [3.63, 3.8) is 0 Å². The number of carbonyl (C=O) groups excluding carboxylic acids is 1. The number of anilines is 1. The molecule has 0 radical (unpaired) electrons. The summed E-state index contributed by atoms with van der Waals surface area (Å²) >= 11 is 1.24. The molecule has 0 aliphatic rings. The molecule has 8 heteroatoms. The Bertz CT molecular complexity index is 767. The number of rotatable bonds is 2. The SMILES string of the molecule is CC(C)(C)n1cnc(NC(=O)c2nc3cccnc3s2)n1. The molecule has 0 unspecified atom stereocenters. The molecule has 0 atom stereocenters. The molecule has 0 fully saturated rings. The lowest BCUT2D eigenvalue weighted by molar-refractivity contribution is 0.102. The zero-order chi connectivity index (χ0) is 15.0. The topological polar surface area (TPSA) is 85.6 Å². The van der Waals surface area contributed by atoms with Crippen molar-refractivity contribution in [2.45, 2.75) is 26.3 Å². The number of nitrogens with one attached hydrogen (secondary N) is 1. The number of amides is 1. The molecule has 3 rings (SSSR count). The van der Waals surface area contributed by atoms with Crippen LogP contribution in [0.1, 0.15) is 30.6 Å². The van der Waals surface area contributed by atoms with E-state index in [1.807, 2.05) is 26.8 Å². The minimum absolute atomic E-state index is 0.185. The highest BCUT2D eigenvalue weighted by Gasteiger charge is 2.18. The van der Waals surface area contributed by atoms with E-state index in [4.69, 9.17) is 0 Å². The van der Waals surface area contributed by atoms with Crippen LogP contribution in [0.5, 0.6) is 0 Å². The highest BCUT2D eigenvalue weighted by Crippen LogP contribution is 2.20. The van der Waals surface area contributed by atoms with Crippen molar-refractivity contribution in [2.24, 2.45) is 0 Å². The van der Waals surface area contributed by atoms with Crippen molar-refractivity contribution in [2.75, 3.05) is 5.32 Å². The first-order chi connectivity index (χ1) is 9.93. The molecule has 1 amide bonds. The second-order valence-electron chi connectivity index (χ2n) is 5.48. The van der Waals surface area contributed by atoms with Gasteiger partial charge in [0, 0.05) is 6.20 Å². The maximum Gasteiger partial charge on any atom is 0.287 e. The van der Waals surface area contributed by atoms with Crippen LogP contribution in [0.2, 0.25) is 0 Å². The zero-order valence-corrected chi connectivity index (χ0v) is 12.7. The van der Waals surface area contributed by atoms with Crippen molar-refractivity contribution in [3.05, 3.63) is 29.7 Å². The summed E-state index contributed by atoms with van der Waals surface area (Å²) < 4.78 is 1.70. The third kappa shape index (κ3) is 2.75. The fourth-order valence-electron chi connectivity index (χ4n) is 1.67. The van der Waals surface area contributed by atoms with Gasteiger partial charge in [-0.3, -0.25) is 10.1 Å². The molecule has 3 aromatic heterocycles. The number of aromatic nitrogens is 5. The molecule has 3 aromatic rings. The Morgan fingerprint density at radius 3 is 2.81 bits per heavy atom. The van der Waals surface area contributed by atoms with Gasteiger partial charge in [0.25, 0.3) is 5.91 Å². The predicted octanol–water partition coefficient (Wildman–Crippen LogP) is 2.29. The molecule has 0 aromatic carbocycles. The average Bonchev–Trinajstić information content (AvgIpc) is 3.03. The Morgan fingerprint density at radius 2 is 2.14 bits per heavy atom. The van der Waals surface area contributed by atoms with Crippen LogP contribution in [0.25, 0.3) is 10.3 Å². The molecular weight excluding hydrogens is 288 g/mol. The summed E-state index contributed by atoms with van der Waals surface area (Å²) in [6.45, 7) is 6.02. The lowest BCUT2D eigenvalue weighted by Gasteiger charge is -2.17. The molecule has 108 valence electrons. The smallest absolute Gasteiger partial charge is 0.287 e. The van der Waals surface area contributed by atoms with E-state index in [1.54, 1.807) is 23.3 Å². The first-order valence-electron chi connectivity index (χ1n) is 6.38. The lowest BCUT2D eigenvalue weighted by atomic mass is 10.1. The van der Waals surface area contributed by atoms with Crippen LogP contribution in [0.4, 0.5) is 5.95 Å². The molecular formula is C13H14N6OS. The molecule has 3 heterocycles. The van der Waals surface area contributed by atoms with Gasteiger partial charge in [0.05, 0.1) is 5.54 Å². The quantitative estimate of drug-likeness (QED) is 0.785. The van der Waals surface area contributed by atoms with Crippen molar-refractivity contribution >= 4 is 33.5 Å². The monoisotopic (exact) mass is 302 g/mol. The molecule has 0 spiro atoms. The summed E-state index contributed by atoms with van der Waals surface area (Å²) in [5.74, 6) is -0.0631. The van der Waals surface area contributed by atoms with Gasteiger partial charge in [-0.1, -0.05) is 11.3 Å². The Kier molecular flexibility index (Phi) is 3.17. The first-order valence-corrected chi connectivity index (χ1v) is 7.20. The molecule has 0 aliphatic carbocycles. The van der Waals surface area contributed by atoms with Crippen LogP contribution in [0.3, 0.4) is 0 Å². The Hall–Kier alpha value is -2.35. The number of nitrogens with zero attached hydrogens (tertiary/aromatic N) is 5. The summed E-state index contributed by atoms with van der Waals surface area (Å²) in [6.07, 6.45) is 3.27. The molecule has 0 bridgehead atoms. The fourth-order valence-corrected chi connectivity index (χ4v) is 2.47. The van der Waals surface area contributed by atoms with Crippen LogP contribution in [-0.4, -0.2) is 30.6 Å². The Morgan fingerprint density at radius 1 is 1.33 bits per heavy atom. The van der Waals surface area contributed by atoms with Gasteiger partial charge < -0.3 is 0 Å². The number of hydrogen-bond acceptors (Lipinski definition) is 6. The molecule has 7 nitrogen and oxygen atoms in total. The standard InChI is InChI=1S/C13H14N6OS/c1-13(2,3)19-7-15-12(18-19)17-9(20)11-16-8-5-4-6-14-10(8)21-11/h4-7H,1-3H3,(H,17,18,20). The number of fused-ring (bicyclic) bond motifs is 1. The number of pyridine rings is 1. The Balaban J connectivity index is 1.81. The minimum atomic E-state index is -0.329. The molecule has 21 heavy (non-hydrogen) atoms. The van der Waals surface area contributed by atoms with E-state index in [1.165, 1.54) is 11.3 Å². The Labute approximate surface area is 125 Å². The van der Waals surface area contributed by atoms with Crippen LogP contribution in [0, 0.1) is 0 Å². The van der Waals surface area contributed by atoms with Gasteiger partial charge >= 0.3 is 0 Å². The zero-order valence-electron chi connectivity index (χ0n) is 11.9. The van der Waals surface area contributed by atoms with Gasteiger partial charge in [0.15, 0.2) is 5.01 Å². The summed E-state index contributed by atoms with van der Waals surface area (Å²) in [5, 5.41) is 7.23. The second-order valence-corrected chi connectivity index (χ2v) is 6.46. The highest BCUT2D eigenvalue weighted by atomic mass is 32.1. The van der Waals surface area contributed by atoms with Crippen molar-refractivity contribution in [3.8, 4) is 0 Å². The van der Waals surface area contributed by atoms with Gasteiger partial charge in [-0.25, -0.2) is 19.6 Å². The summed E-state index contributed by atoms with van der Waals surface area (Å²) in [7, 11) is 0. The van der Waals surface area contributed by atoms with Gasteiger partial charge in [-0.2, -0.15) is 0 Å². The van der Waals surface area contributed by atoms with Crippen molar-refractivity contribution in [1.82, 2.24) is 24.7 Å². The minimum Gasteiger partial charge on any atom is -0.287 e. The summed E-state index contributed by atoms with van der Waals surface area (Å²) in [5.41, 5.74) is 0.524. The van der Waals surface area contributed by atoms with Gasteiger partial charge in [-0.05, 0) is 32.9 Å². The number of hydrogen-bond donors (Lipinski definition) is 1. The third-order valence-corrected chi connectivity index (χ3v) is 3.74. The summed E-state index contributed by atoms with van der Waals surface area (Å²) in [6, 6.07) is 3.61. The van der Waals surface area contributed by atoms with Crippen LogP contribution < -0.4 is 5.32 Å². The fraction of sp³-hybridized carbons (Fsp3) is 0.308. The molecule has 0 saturated carbocycles. The maximum atomic E-state index is 12.2. The van der Waals surface area contributed by atoms with E-state index in [0.717, 1.165) is 4.83 Å². The van der Waals surface area contributed by atoms with E-state index in [2.05, 4.69) is 25.4 Å². The van der Waals surface area contributed by atoms with Crippen molar-refractivity contribution < 1.29 is 4.79 Å². The normalized spacial score (nSPS) is 11.8. The van der Waals surface area contributed by atoms with Gasteiger partial charge in [-0.15, -0.1) is 5.10 Å². The predicted molar refractivity (Wildman–Crippen MR) is 80.4 cm³/mol. The number of thiazole rings is 1. The van der Waals surface area contributed by atoms with Gasteiger partial charge in [0.2, 0.25) is 5.95 Å². The highest BCUT2D eigenvalue weighted by molar-refractivity contribution is 7.20. The van der Waals surface area contributed by atoms with E-state index >= 15 is 0 Å². The van der Waals surface area contributed by atoms with Crippen molar-refractivity contribution in [1.29, 1.82) is 0 Å². The molecule has 0 saturated heterocycles. The maximum absolute atomic E-state index is 12.2. The third-order valence-electron chi connectivity index (χ3n) is 2.77. The van der Waals surface area contributed by atoms with E-state index in [9.17, 15) is 4.79 Å². The van der Waals surface area contributed by atoms with Gasteiger partial charge in [0.1, 0.15) is 16.7 Å². The molecule has 0 aliphatic heterocycles. The van der Waals surface area contributed by atoms with E-state index in [0.29, 0.717) is 10.5 Å². The number of carbonyl (C=O) groups is 1. The largest absolute Gasteiger partial charge is 0.287 e. The second kappa shape index (κ2) is 4.88. The van der Waals surface area contributed by atoms with Crippen LogP contribution in [0.15, 0.2) is 24.7 Å². The van der Waals surface area contributed by atoms with Crippen LogP contribution in [-0.2, 0) is 5.54 Å². The lowest BCUT2D eigenvalue weighted by Crippen LogP contribution is -2.22. The van der Waals surface area contributed by atoms with Crippen LogP contribution >= 0.6 is 11.3 Å². The van der Waals surface area contributed by atoms with E-state index < -0.39 is 0 Å². The van der Waals surface area contributed by atoms with E-state index in [-0.39, 0.29) is 17.4 Å². The average molecular weight is 302 g/mol. The summed E-state index contributed by atoms with van der Waals surface area (Å²) in [4.78, 5) is 25.4. The first kappa shape index (κ1) is 13.6.